The molecule has 6 aromatic rings. The van der Waals surface area contributed by atoms with Crippen LogP contribution in [0.1, 0.15) is 33.4 Å². The van der Waals surface area contributed by atoms with Crippen LogP contribution >= 0.6 is 0 Å². The molecule has 2 heterocycles. The van der Waals surface area contributed by atoms with Crippen LogP contribution in [0.25, 0.3) is 0 Å². The minimum atomic E-state index is -0.619. The highest BCUT2D eigenvalue weighted by Gasteiger charge is 2.61. The van der Waals surface area contributed by atoms with Crippen LogP contribution in [0.5, 0.6) is 0 Å². The van der Waals surface area contributed by atoms with Crippen LogP contribution < -0.4 is 4.90 Å². The Morgan fingerprint density at radius 3 is 1.00 bits per heavy atom. The van der Waals surface area contributed by atoms with Gasteiger partial charge in [-0.25, -0.2) is 0 Å². The zero-order valence-electron chi connectivity index (χ0n) is 21.6. The smallest absolute Gasteiger partial charge is 0.118 e. The van der Waals surface area contributed by atoms with Crippen molar-refractivity contribution in [3.63, 3.8) is 0 Å². The van der Waals surface area contributed by atoms with E-state index in [1.54, 1.807) is 0 Å². The van der Waals surface area contributed by atoms with E-state index < -0.39 is 11.1 Å². The number of aromatic nitrogens is 1. The molecule has 0 aliphatic carbocycles. The van der Waals surface area contributed by atoms with Gasteiger partial charge in [0, 0.05) is 18.1 Å². The molecular weight excluding hydrogens is 472 g/mol. The van der Waals surface area contributed by atoms with Crippen molar-refractivity contribution in [2.24, 2.45) is 0 Å². The van der Waals surface area contributed by atoms with Gasteiger partial charge >= 0.3 is 0 Å². The predicted octanol–water partition coefficient (Wildman–Crippen LogP) is 8.19. The fourth-order valence-electron chi connectivity index (χ4n) is 6.68. The van der Waals surface area contributed by atoms with Crippen LogP contribution in [-0.2, 0) is 11.1 Å². The van der Waals surface area contributed by atoms with Gasteiger partial charge in [-0.1, -0.05) is 146 Å². The zero-order valence-corrected chi connectivity index (χ0v) is 21.6. The van der Waals surface area contributed by atoms with Crippen molar-refractivity contribution >= 4 is 5.69 Å². The van der Waals surface area contributed by atoms with E-state index in [2.05, 4.69) is 168 Å². The zero-order chi connectivity index (χ0) is 26.1. The Kier molecular flexibility index (Phi) is 5.60. The first-order valence-electron chi connectivity index (χ1n) is 13.4. The number of hydrogen-bond acceptors (Lipinski definition) is 2. The average molecular weight is 501 g/mol. The molecule has 0 atom stereocenters. The minimum Gasteiger partial charge on any atom is -0.335 e. The van der Waals surface area contributed by atoms with E-state index >= 15 is 0 Å². The lowest BCUT2D eigenvalue weighted by Gasteiger charge is -2.50. The summed E-state index contributed by atoms with van der Waals surface area (Å²) in [5.74, 6) is 0. The van der Waals surface area contributed by atoms with Crippen LogP contribution in [0.2, 0.25) is 0 Å². The Bertz CT molecular complexity index is 1490. The van der Waals surface area contributed by atoms with Gasteiger partial charge in [-0.05, 0) is 45.5 Å². The maximum atomic E-state index is 4.43. The van der Waals surface area contributed by atoms with Crippen molar-refractivity contribution in [3.8, 4) is 0 Å². The predicted molar refractivity (Wildman–Crippen MR) is 159 cm³/mol. The Hall–Kier alpha value is -4.95. The Morgan fingerprint density at radius 1 is 0.359 bits per heavy atom. The first kappa shape index (κ1) is 23.2. The molecule has 0 amide bonds. The van der Waals surface area contributed by atoms with E-state index in [4.69, 9.17) is 0 Å². The molecule has 0 fully saturated rings. The van der Waals surface area contributed by atoms with Gasteiger partial charge in [-0.3, -0.25) is 4.98 Å². The molecule has 39 heavy (non-hydrogen) atoms. The summed E-state index contributed by atoms with van der Waals surface area (Å²) in [7, 11) is 0. The molecule has 1 aliphatic heterocycles. The van der Waals surface area contributed by atoms with Crippen molar-refractivity contribution in [2.75, 3.05) is 4.90 Å². The molecule has 0 N–H and O–H groups in total. The number of pyridine rings is 1. The molecular formula is C37H28N2. The highest BCUT2D eigenvalue weighted by Crippen LogP contribution is 2.62. The van der Waals surface area contributed by atoms with Gasteiger partial charge in [0.2, 0.25) is 0 Å². The van der Waals surface area contributed by atoms with Crippen molar-refractivity contribution < 1.29 is 0 Å². The third-order valence-electron chi connectivity index (χ3n) is 8.06. The second kappa shape index (κ2) is 9.41. The van der Waals surface area contributed by atoms with Crippen molar-refractivity contribution in [2.45, 2.75) is 11.1 Å². The Labute approximate surface area is 229 Å². The van der Waals surface area contributed by atoms with E-state index in [0.717, 1.165) is 5.69 Å². The monoisotopic (exact) mass is 500 g/mol. The number of hydrogen-bond donors (Lipinski definition) is 0. The summed E-state index contributed by atoms with van der Waals surface area (Å²) in [4.78, 5) is 7.07. The Balaban J connectivity index is 1.74. The van der Waals surface area contributed by atoms with Crippen molar-refractivity contribution in [3.05, 3.63) is 203 Å². The second-order valence-corrected chi connectivity index (χ2v) is 9.97. The van der Waals surface area contributed by atoms with Crippen LogP contribution in [0.4, 0.5) is 5.69 Å². The molecule has 0 saturated heterocycles. The number of rotatable bonds is 5. The number of anilines is 1. The Morgan fingerprint density at radius 2 is 0.667 bits per heavy atom. The van der Waals surface area contributed by atoms with Crippen LogP contribution in [0, 0.1) is 0 Å². The summed E-state index contributed by atoms with van der Waals surface area (Å²) in [6.45, 7) is 0. The molecule has 0 unspecified atom stereocenters. The average Bonchev–Trinajstić information content (AvgIpc) is 3.32. The lowest BCUT2D eigenvalue weighted by Crippen LogP contribution is -2.54. The van der Waals surface area contributed by atoms with Gasteiger partial charge in [0.05, 0.1) is 0 Å². The van der Waals surface area contributed by atoms with Crippen LogP contribution in [0.3, 0.4) is 0 Å². The van der Waals surface area contributed by atoms with Gasteiger partial charge in [-0.15, -0.1) is 0 Å². The molecule has 5 aromatic carbocycles. The van der Waals surface area contributed by atoms with Gasteiger partial charge in [0.1, 0.15) is 11.1 Å². The summed E-state index contributed by atoms with van der Waals surface area (Å²) >= 11 is 0. The molecule has 186 valence electrons. The standard InChI is InChI=1S/C37H28N2/c1-5-15-29(16-6-1)36(30-17-7-2-8-18-30)34-23-13-14-24-35(34)37(31-19-9-3-10-20-31,32-21-11-4-12-22-32)39(36)33-25-27-38-28-26-33/h1-28H. The molecule has 0 bridgehead atoms. The number of fused-ring (bicyclic) bond motifs is 1. The molecule has 0 saturated carbocycles. The first-order chi connectivity index (χ1) is 19.4. The summed E-state index contributed by atoms with van der Waals surface area (Å²) in [5.41, 5.74) is 7.27. The molecule has 0 radical (unpaired) electrons. The fourth-order valence-corrected chi connectivity index (χ4v) is 6.68. The summed E-state index contributed by atoms with van der Waals surface area (Å²) in [6.07, 6.45) is 3.81. The van der Waals surface area contributed by atoms with E-state index in [9.17, 15) is 0 Å². The molecule has 7 rings (SSSR count). The fraction of sp³-hybridized carbons (Fsp3) is 0.0541. The maximum Gasteiger partial charge on any atom is 0.118 e. The molecule has 2 nitrogen and oxygen atoms in total. The van der Waals surface area contributed by atoms with Crippen LogP contribution in [-0.4, -0.2) is 4.98 Å². The third-order valence-corrected chi connectivity index (χ3v) is 8.06. The lowest BCUT2D eigenvalue weighted by molar-refractivity contribution is 0.496. The van der Waals surface area contributed by atoms with E-state index in [-0.39, 0.29) is 0 Å². The number of benzene rings is 5. The molecule has 2 heteroatoms. The lowest BCUT2D eigenvalue weighted by atomic mass is 9.76. The quantitative estimate of drug-likeness (QED) is 0.237. The maximum absolute atomic E-state index is 4.43. The van der Waals surface area contributed by atoms with Gasteiger partial charge in [0.15, 0.2) is 0 Å². The minimum absolute atomic E-state index is 0.619. The first-order valence-corrected chi connectivity index (χ1v) is 13.4. The summed E-state index contributed by atoms with van der Waals surface area (Å²) < 4.78 is 0. The van der Waals surface area contributed by atoms with Gasteiger partial charge in [0.25, 0.3) is 0 Å². The molecule has 1 aromatic heterocycles. The highest BCUT2D eigenvalue weighted by atomic mass is 15.3. The highest BCUT2D eigenvalue weighted by molar-refractivity contribution is 5.77. The van der Waals surface area contributed by atoms with Crippen LogP contribution in [0.15, 0.2) is 170 Å². The summed E-state index contributed by atoms with van der Waals surface area (Å²) in [6, 6.07) is 57.0. The van der Waals surface area contributed by atoms with E-state index in [0.29, 0.717) is 0 Å². The topological polar surface area (TPSA) is 16.1 Å². The largest absolute Gasteiger partial charge is 0.335 e. The second-order valence-electron chi connectivity index (χ2n) is 9.97. The van der Waals surface area contributed by atoms with E-state index in [1.165, 1.54) is 33.4 Å². The van der Waals surface area contributed by atoms with Gasteiger partial charge < -0.3 is 4.90 Å². The molecule has 0 spiro atoms. The normalized spacial score (nSPS) is 15.0. The third kappa shape index (κ3) is 3.31. The molecule has 1 aliphatic rings. The number of nitrogens with zero attached hydrogens (tertiary/aromatic N) is 2. The van der Waals surface area contributed by atoms with Gasteiger partial charge in [-0.2, -0.15) is 0 Å². The van der Waals surface area contributed by atoms with E-state index in [1.807, 2.05) is 12.4 Å². The summed E-state index contributed by atoms with van der Waals surface area (Å²) in [5, 5.41) is 0. The van der Waals surface area contributed by atoms with Crippen molar-refractivity contribution in [1.82, 2.24) is 4.98 Å². The van der Waals surface area contributed by atoms with Crippen molar-refractivity contribution in [1.29, 1.82) is 0 Å². The SMILES string of the molecule is c1ccc(C2(c3ccccc3)c3ccccc3C(c3ccccc3)(c3ccccc3)N2c2ccncc2)cc1.